The second-order valence-corrected chi connectivity index (χ2v) is 9.21. The van der Waals surface area contributed by atoms with Gasteiger partial charge in [0.25, 0.3) is 0 Å². The van der Waals surface area contributed by atoms with E-state index in [1.807, 2.05) is 66.6 Å². The van der Waals surface area contributed by atoms with Crippen molar-refractivity contribution in [2.24, 2.45) is 0 Å². The highest BCUT2D eigenvalue weighted by molar-refractivity contribution is 7.80. The number of thiocarbonyl (C=S) groups is 1. The van der Waals surface area contributed by atoms with Gasteiger partial charge < -0.3 is 24.8 Å². The molecule has 1 saturated heterocycles. The van der Waals surface area contributed by atoms with Gasteiger partial charge in [-0.1, -0.05) is 18.2 Å². The van der Waals surface area contributed by atoms with Gasteiger partial charge in [0.1, 0.15) is 11.6 Å². The van der Waals surface area contributed by atoms with Gasteiger partial charge in [-0.05, 0) is 79.8 Å². The number of para-hydroxylation sites is 1. The van der Waals surface area contributed by atoms with Crippen molar-refractivity contribution < 1.29 is 13.9 Å². The van der Waals surface area contributed by atoms with Gasteiger partial charge in [-0.15, -0.1) is 0 Å². The number of hydrogen-bond donors (Lipinski definition) is 2. The third-order valence-electron chi connectivity index (χ3n) is 6.43. The molecule has 38 heavy (non-hydrogen) atoms. The van der Waals surface area contributed by atoms with E-state index in [1.54, 1.807) is 24.4 Å². The minimum absolute atomic E-state index is 0.130. The first-order chi connectivity index (χ1) is 18.5. The third-order valence-corrected chi connectivity index (χ3v) is 6.79. The van der Waals surface area contributed by atoms with Crippen LogP contribution in [0.4, 0.5) is 10.1 Å². The number of carbonyl (C=O) groups excluding carboxylic acids is 1. The number of aromatic nitrogens is 2. The van der Waals surface area contributed by atoms with Crippen molar-refractivity contribution >= 4 is 28.9 Å². The van der Waals surface area contributed by atoms with Gasteiger partial charge in [0, 0.05) is 36.7 Å². The average Bonchev–Trinajstić information content (AvgIpc) is 3.54. The third kappa shape index (κ3) is 5.38. The molecule has 2 N–H and O–H groups in total. The molecule has 1 aliphatic rings. The maximum atomic E-state index is 14.0. The first-order valence-electron chi connectivity index (χ1n) is 12.5. The van der Waals surface area contributed by atoms with Crippen molar-refractivity contribution in [1.82, 2.24) is 19.8 Å². The van der Waals surface area contributed by atoms with Crippen molar-refractivity contribution in [3.05, 3.63) is 108 Å². The fourth-order valence-corrected chi connectivity index (χ4v) is 5.04. The van der Waals surface area contributed by atoms with Gasteiger partial charge >= 0.3 is 0 Å². The van der Waals surface area contributed by atoms with Crippen LogP contribution in [0.1, 0.15) is 36.8 Å². The van der Waals surface area contributed by atoms with Crippen LogP contribution in [0.15, 0.2) is 91.3 Å². The molecular weight excluding hydrogens is 501 g/mol. The van der Waals surface area contributed by atoms with Crippen LogP contribution < -0.4 is 15.4 Å². The fraction of sp³-hybridized carbons (Fsp3) is 0.207. The lowest BCUT2D eigenvalue weighted by Gasteiger charge is -2.29. The van der Waals surface area contributed by atoms with Crippen LogP contribution in [0.5, 0.6) is 5.75 Å². The van der Waals surface area contributed by atoms with Crippen LogP contribution in [0, 0.1) is 5.82 Å². The Hall–Kier alpha value is -4.24. The highest BCUT2D eigenvalue weighted by Gasteiger charge is 2.41. The number of benzene rings is 2. The van der Waals surface area contributed by atoms with Crippen LogP contribution in [-0.4, -0.2) is 38.6 Å². The van der Waals surface area contributed by atoms with Crippen molar-refractivity contribution in [3.63, 3.8) is 0 Å². The molecule has 1 fully saturated rings. The second-order valence-electron chi connectivity index (χ2n) is 8.83. The highest BCUT2D eigenvalue weighted by Crippen LogP contribution is 2.39. The molecule has 0 aliphatic carbocycles. The maximum Gasteiger partial charge on any atom is 0.226 e. The zero-order valence-electron chi connectivity index (χ0n) is 20.9. The number of ether oxygens (including phenoxy) is 1. The van der Waals surface area contributed by atoms with Crippen molar-refractivity contribution in [1.29, 1.82) is 0 Å². The van der Waals surface area contributed by atoms with Crippen LogP contribution in [0.25, 0.3) is 5.69 Å². The Bertz CT molecular complexity index is 1410. The second kappa shape index (κ2) is 11.4. The molecule has 2 atom stereocenters. The summed E-state index contributed by atoms with van der Waals surface area (Å²) in [5, 5.41) is 6.61. The number of halogens is 1. The molecule has 1 aliphatic heterocycles. The number of anilines is 1. The van der Waals surface area contributed by atoms with E-state index in [2.05, 4.69) is 26.3 Å². The van der Waals surface area contributed by atoms with Gasteiger partial charge in [-0.3, -0.25) is 9.78 Å². The summed E-state index contributed by atoms with van der Waals surface area (Å²) in [6.45, 7) is 2.90. The Balaban J connectivity index is 1.43. The van der Waals surface area contributed by atoms with Gasteiger partial charge in [-0.2, -0.15) is 0 Å². The van der Waals surface area contributed by atoms with Crippen molar-refractivity contribution in [3.8, 4) is 11.4 Å². The minimum atomic E-state index is -0.472. The number of rotatable bonds is 9. The number of nitrogens with one attached hydrogen (secondary N) is 2. The van der Waals surface area contributed by atoms with Crippen LogP contribution in [0.2, 0.25) is 0 Å². The van der Waals surface area contributed by atoms with Gasteiger partial charge in [-0.25, -0.2) is 4.39 Å². The summed E-state index contributed by atoms with van der Waals surface area (Å²) in [7, 11) is 0. The lowest BCUT2D eigenvalue weighted by atomic mass is 10.0. The van der Waals surface area contributed by atoms with E-state index in [0.29, 0.717) is 18.3 Å². The normalized spacial score (nSPS) is 16.8. The molecule has 7 nitrogen and oxygen atoms in total. The molecule has 0 spiro atoms. The Morgan fingerprint density at radius 2 is 1.87 bits per heavy atom. The predicted molar refractivity (Wildman–Crippen MR) is 149 cm³/mol. The molecule has 4 aromatic rings. The molecule has 1 amide bonds. The molecule has 5 rings (SSSR count). The van der Waals surface area contributed by atoms with Crippen LogP contribution in [0.3, 0.4) is 0 Å². The molecule has 2 aromatic heterocycles. The lowest BCUT2D eigenvalue weighted by molar-refractivity contribution is -0.116. The largest absolute Gasteiger partial charge is 0.494 e. The van der Waals surface area contributed by atoms with E-state index in [-0.39, 0.29) is 30.1 Å². The summed E-state index contributed by atoms with van der Waals surface area (Å²) >= 11 is 5.75. The molecule has 2 aromatic carbocycles. The molecule has 0 radical (unpaired) electrons. The maximum absolute atomic E-state index is 14.0. The smallest absolute Gasteiger partial charge is 0.226 e. The van der Waals surface area contributed by atoms with Gasteiger partial charge in [0.05, 0.1) is 30.1 Å². The summed E-state index contributed by atoms with van der Waals surface area (Å²) < 4.78 is 21.8. The lowest BCUT2D eigenvalue weighted by Crippen LogP contribution is -2.33. The number of amides is 1. The highest BCUT2D eigenvalue weighted by atomic mass is 32.1. The standard InChI is InChI=1S/C29H28FN5O2S/c1-2-37-21-14-12-20(13-15-21)34-18-7-11-25(34)28-27(24-10-5-6-17-31-24)33-29(38)35(28)19-16-26(36)32-23-9-4-3-8-22(23)30/h3-15,17-18,27-28H,2,16,19H2,1H3,(H,32,36)(H,33,38)/t27-,28-/m1/s1. The Morgan fingerprint density at radius 3 is 2.61 bits per heavy atom. The van der Waals surface area contributed by atoms with Crippen molar-refractivity contribution in [2.45, 2.75) is 25.4 Å². The number of carbonyl (C=O) groups is 1. The minimum Gasteiger partial charge on any atom is -0.494 e. The van der Waals surface area contributed by atoms with Gasteiger partial charge in [0.2, 0.25) is 5.91 Å². The van der Waals surface area contributed by atoms with E-state index in [9.17, 15) is 9.18 Å². The summed E-state index contributed by atoms with van der Waals surface area (Å²) in [6, 6.07) is 23.4. The van der Waals surface area contributed by atoms with Crippen LogP contribution >= 0.6 is 12.2 Å². The zero-order chi connectivity index (χ0) is 26.5. The molecule has 194 valence electrons. The average molecular weight is 530 g/mol. The monoisotopic (exact) mass is 529 g/mol. The fourth-order valence-electron chi connectivity index (χ4n) is 4.71. The first-order valence-corrected chi connectivity index (χ1v) is 12.9. The Kier molecular flexibility index (Phi) is 7.65. The number of pyridine rings is 1. The van der Waals surface area contributed by atoms with Crippen molar-refractivity contribution in [2.75, 3.05) is 18.5 Å². The quantitative estimate of drug-likeness (QED) is 0.283. The van der Waals surface area contributed by atoms with Crippen LogP contribution in [-0.2, 0) is 4.79 Å². The van der Waals surface area contributed by atoms with E-state index in [0.717, 1.165) is 22.8 Å². The number of hydrogen-bond acceptors (Lipinski definition) is 4. The molecule has 0 unspecified atom stereocenters. The Morgan fingerprint density at radius 1 is 1.08 bits per heavy atom. The Labute approximate surface area is 226 Å². The van der Waals surface area contributed by atoms with E-state index in [4.69, 9.17) is 17.0 Å². The molecule has 3 heterocycles. The molecule has 0 saturated carbocycles. The summed E-state index contributed by atoms with van der Waals surface area (Å²) in [4.78, 5) is 19.3. The molecule has 9 heteroatoms. The topological polar surface area (TPSA) is 71.4 Å². The first kappa shape index (κ1) is 25.4. The van der Waals surface area contributed by atoms with E-state index in [1.165, 1.54) is 6.07 Å². The summed E-state index contributed by atoms with van der Waals surface area (Å²) in [6.07, 6.45) is 3.89. The van der Waals surface area contributed by atoms with E-state index >= 15 is 0 Å². The summed E-state index contributed by atoms with van der Waals surface area (Å²) in [5.41, 5.74) is 2.97. The van der Waals surface area contributed by atoms with Gasteiger partial charge in [0.15, 0.2) is 5.11 Å². The molecule has 0 bridgehead atoms. The zero-order valence-corrected chi connectivity index (χ0v) is 21.7. The van der Waals surface area contributed by atoms with E-state index < -0.39 is 5.82 Å². The number of nitrogens with zero attached hydrogens (tertiary/aromatic N) is 3. The SMILES string of the molecule is CCOc1ccc(-n2cccc2[C@@H]2[C@@H](c3ccccn3)NC(=S)N2CCC(=O)Nc2ccccc2F)cc1. The molecular formula is C29H28FN5O2S. The summed E-state index contributed by atoms with van der Waals surface area (Å²) in [5.74, 6) is 0.0443. The predicted octanol–water partition coefficient (Wildman–Crippen LogP) is 5.41.